The number of hydrogen-bond acceptors (Lipinski definition) is 7. The van der Waals surface area contributed by atoms with Crippen molar-refractivity contribution >= 4 is 30.0 Å². The summed E-state index contributed by atoms with van der Waals surface area (Å²) in [7, 11) is -3.18. The molecular formula is C29H32N2O6SSi. The Morgan fingerprint density at radius 1 is 1.00 bits per heavy atom. The lowest BCUT2D eigenvalue weighted by Gasteiger charge is -2.45. The van der Waals surface area contributed by atoms with Crippen LogP contribution in [0.4, 0.5) is 0 Å². The van der Waals surface area contributed by atoms with Crippen molar-refractivity contribution in [3.8, 4) is 10.4 Å². The van der Waals surface area contributed by atoms with Gasteiger partial charge in [-0.1, -0.05) is 87.5 Å². The van der Waals surface area contributed by atoms with Crippen molar-refractivity contribution in [3.05, 3.63) is 105 Å². The molecule has 1 saturated heterocycles. The fourth-order valence-electron chi connectivity index (χ4n) is 5.40. The number of hydrogen-bond donors (Lipinski definition) is 3. The number of aliphatic hydroxyl groups excluding tert-OH is 2. The van der Waals surface area contributed by atoms with Crippen molar-refractivity contribution in [2.45, 2.75) is 50.3 Å². The van der Waals surface area contributed by atoms with Gasteiger partial charge >= 0.3 is 5.69 Å². The van der Waals surface area contributed by atoms with E-state index in [0.717, 1.165) is 10.4 Å². The number of nitrogens with zero attached hydrogens (tertiary/aromatic N) is 1. The average molecular weight is 565 g/mol. The van der Waals surface area contributed by atoms with Crippen molar-refractivity contribution in [3.63, 3.8) is 0 Å². The highest BCUT2D eigenvalue weighted by molar-refractivity contribution is 7.13. The topological polar surface area (TPSA) is 114 Å². The van der Waals surface area contributed by atoms with Crippen LogP contribution in [0.1, 0.15) is 27.0 Å². The molecule has 5 rings (SSSR count). The molecule has 3 N–H and O–H groups in total. The van der Waals surface area contributed by atoms with Crippen LogP contribution in [0.25, 0.3) is 10.4 Å². The van der Waals surface area contributed by atoms with E-state index in [1.165, 1.54) is 22.1 Å². The van der Waals surface area contributed by atoms with Gasteiger partial charge in [0.05, 0.1) is 12.2 Å². The molecule has 1 fully saturated rings. The molecule has 0 aliphatic carbocycles. The van der Waals surface area contributed by atoms with Crippen LogP contribution in [-0.2, 0) is 9.16 Å². The molecule has 4 atom stereocenters. The fourth-order valence-corrected chi connectivity index (χ4v) is 10.8. The maximum absolute atomic E-state index is 13.1. The van der Waals surface area contributed by atoms with Gasteiger partial charge in [-0.05, 0) is 26.9 Å². The second kappa shape index (κ2) is 10.8. The van der Waals surface area contributed by atoms with Gasteiger partial charge in [-0.15, -0.1) is 11.3 Å². The third kappa shape index (κ3) is 4.88. The van der Waals surface area contributed by atoms with E-state index in [9.17, 15) is 19.8 Å². The van der Waals surface area contributed by atoms with E-state index in [4.69, 9.17) is 9.16 Å². The predicted molar refractivity (Wildman–Crippen MR) is 154 cm³/mol. The maximum Gasteiger partial charge on any atom is 0.330 e. The first-order chi connectivity index (χ1) is 18.7. The Bertz CT molecular complexity index is 1480. The molecular weight excluding hydrogens is 532 g/mol. The number of benzene rings is 2. The number of aromatic nitrogens is 2. The predicted octanol–water partition coefficient (Wildman–Crippen LogP) is 2.46. The smallest absolute Gasteiger partial charge is 0.330 e. The minimum atomic E-state index is -3.18. The Labute approximate surface area is 231 Å². The standard InChI is InChI=1S/C29H32N2O6SSi/c1-29(2,3)39(19-11-6-4-7-12-19,20-13-8-5-9-14-20)37-25-24(33)22(18-32)36-27(25)31-17-21(23-15-10-16-38-23)26(34)30-28(31)35/h4-17,22,24-25,27,32-33H,18H2,1-3H3,(H,30,34,35)/t22-,24-,25-,27+/m1/s1. The van der Waals surface area contributed by atoms with Crippen molar-refractivity contribution < 1.29 is 19.4 Å². The SMILES string of the molecule is CC(C)(C)[Si](O[C@@H]1[C@H](O)[C@@H](CO)O[C@@H]1n1cc(-c2cccs2)c(=O)[nH]c1=O)(c1ccccc1)c1ccccc1. The zero-order valence-corrected chi connectivity index (χ0v) is 23.8. The van der Waals surface area contributed by atoms with Crippen molar-refractivity contribution in [1.29, 1.82) is 0 Å². The maximum atomic E-state index is 13.1. The molecule has 8 nitrogen and oxygen atoms in total. The van der Waals surface area contributed by atoms with Crippen LogP contribution >= 0.6 is 11.3 Å². The summed E-state index contributed by atoms with van der Waals surface area (Å²) in [5.74, 6) is 0. The van der Waals surface area contributed by atoms with Gasteiger partial charge < -0.3 is 19.4 Å². The summed E-state index contributed by atoms with van der Waals surface area (Å²) in [5, 5.41) is 24.9. The van der Waals surface area contributed by atoms with Crippen LogP contribution < -0.4 is 21.6 Å². The summed E-state index contributed by atoms with van der Waals surface area (Å²) in [6.07, 6.45) is -2.88. The van der Waals surface area contributed by atoms with E-state index in [2.05, 4.69) is 25.8 Å². The Kier molecular flexibility index (Phi) is 7.60. The van der Waals surface area contributed by atoms with E-state index in [-0.39, 0.29) is 0 Å². The summed E-state index contributed by atoms with van der Waals surface area (Å²) in [5.41, 5.74) is -0.896. The first kappa shape index (κ1) is 27.4. The lowest BCUT2D eigenvalue weighted by molar-refractivity contribution is -0.0531. The summed E-state index contributed by atoms with van der Waals surface area (Å²) >= 11 is 1.37. The minimum absolute atomic E-state index is 0.305. The number of ether oxygens (including phenoxy) is 1. The normalized spacial score (nSPS) is 21.8. The molecule has 1 aliphatic rings. The fraction of sp³-hybridized carbons (Fsp3) is 0.310. The second-order valence-electron chi connectivity index (χ2n) is 10.7. The first-order valence-corrected chi connectivity index (χ1v) is 15.6. The third-order valence-electron chi connectivity index (χ3n) is 7.25. The molecule has 204 valence electrons. The summed E-state index contributed by atoms with van der Waals surface area (Å²) in [6, 6.07) is 23.5. The van der Waals surface area contributed by atoms with Crippen LogP contribution in [-0.4, -0.2) is 53.0 Å². The van der Waals surface area contributed by atoms with Crippen LogP contribution in [0.5, 0.6) is 0 Å². The Hall–Kier alpha value is -3.12. The average Bonchev–Trinajstić information content (AvgIpc) is 3.56. The molecule has 0 saturated carbocycles. The highest BCUT2D eigenvalue weighted by Gasteiger charge is 2.56. The Morgan fingerprint density at radius 2 is 1.62 bits per heavy atom. The Balaban J connectivity index is 1.70. The molecule has 2 aromatic heterocycles. The molecule has 0 bridgehead atoms. The molecule has 0 unspecified atom stereocenters. The van der Waals surface area contributed by atoms with Crippen LogP contribution in [0.15, 0.2) is 94.0 Å². The van der Waals surface area contributed by atoms with Gasteiger partial charge in [0, 0.05) is 11.1 Å². The summed E-state index contributed by atoms with van der Waals surface area (Å²) in [6.45, 7) is 5.87. The molecule has 0 radical (unpaired) electrons. The summed E-state index contributed by atoms with van der Waals surface area (Å²) < 4.78 is 14.5. The lowest BCUT2D eigenvalue weighted by atomic mass is 10.1. The number of thiophene rings is 1. The highest BCUT2D eigenvalue weighted by Crippen LogP contribution is 2.41. The molecule has 4 aromatic rings. The van der Waals surface area contributed by atoms with Gasteiger partial charge in [-0.3, -0.25) is 14.3 Å². The molecule has 1 aliphatic heterocycles. The van der Waals surface area contributed by atoms with Crippen LogP contribution in [0, 0.1) is 0 Å². The van der Waals surface area contributed by atoms with Crippen molar-refractivity contribution in [2.75, 3.05) is 6.61 Å². The van der Waals surface area contributed by atoms with E-state index >= 15 is 0 Å². The number of H-pyrrole nitrogens is 1. The lowest BCUT2D eigenvalue weighted by Crippen LogP contribution is -2.69. The van der Waals surface area contributed by atoms with Crippen molar-refractivity contribution in [2.24, 2.45) is 0 Å². The zero-order valence-electron chi connectivity index (χ0n) is 22.0. The molecule has 10 heteroatoms. The van der Waals surface area contributed by atoms with Gasteiger partial charge in [0.1, 0.15) is 18.3 Å². The quantitative estimate of drug-likeness (QED) is 0.297. The van der Waals surface area contributed by atoms with Gasteiger partial charge in [0.25, 0.3) is 13.9 Å². The monoisotopic (exact) mass is 564 g/mol. The van der Waals surface area contributed by atoms with E-state index in [1.807, 2.05) is 72.1 Å². The number of rotatable bonds is 7. The van der Waals surface area contributed by atoms with Gasteiger partial charge in [-0.2, -0.15) is 0 Å². The third-order valence-corrected chi connectivity index (χ3v) is 13.2. The molecule has 2 aromatic carbocycles. The van der Waals surface area contributed by atoms with E-state index < -0.39 is 55.8 Å². The number of aliphatic hydroxyl groups is 2. The second-order valence-corrected chi connectivity index (χ2v) is 15.9. The summed E-state index contributed by atoms with van der Waals surface area (Å²) in [4.78, 5) is 28.9. The van der Waals surface area contributed by atoms with Gasteiger partial charge in [0.15, 0.2) is 6.23 Å². The number of aromatic amines is 1. The zero-order chi connectivity index (χ0) is 27.8. The molecule has 39 heavy (non-hydrogen) atoms. The Morgan fingerprint density at radius 3 is 2.13 bits per heavy atom. The largest absolute Gasteiger partial charge is 0.397 e. The van der Waals surface area contributed by atoms with Gasteiger partial charge in [0.2, 0.25) is 0 Å². The highest BCUT2D eigenvalue weighted by atomic mass is 32.1. The molecule has 0 spiro atoms. The molecule has 3 heterocycles. The van der Waals surface area contributed by atoms with Crippen molar-refractivity contribution in [1.82, 2.24) is 9.55 Å². The number of nitrogens with one attached hydrogen (secondary N) is 1. The molecule has 0 amide bonds. The van der Waals surface area contributed by atoms with Crippen LogP contribution in [0.3, 0.4) is 0 Å². The minimum Gasteiger partial charge on any atom is -0.397 e. The first-order valence-electron chi connectivity index (χ1n) is 12.8. The van der Waals surface area contributed by atoms with E-state index in [1.54, 1.807) is 6.07 Å². The van der Waals surface area contributed by atoms with Crippen LogP contribution in [0.2, 0.25) is 5.04 Å². The van der Waals surface area contributed by atoms with Gasteiger partial charge in [-0.25, -0.2) is 4.79 Å². The van der Waals surface area contributed by atoms with E-state index in [0.29, 0.717) is 10.4 Å².